The van der Waals surface area contributed by atoms with Gasteiger partial charge in [0.05, 0.1) is 6.04 Å². The van der Waals surface area contributed by atoms with Gasteiger partial charge < -0.3 is 10.4 Å². The molecule has 7 heteroatoms. The normalized spacial score (nSPS) is 22.2. The van der Waals surface area contributed by atoms with E-state index in [2.05, 4.69) is 21.7 Å². The fourth-order valence-corrected chi connectivity index (χ4v) is 2.44. The Labute approximate surface area is 129 Å². The van der Waals surface area contributed by atoms with Crippen LogP contribution in [-0.2, 0) is 9.59 Å². The number of aliphatic carboxylic acids is 1. The number of amides is 1. The summed E-state index contributed by atoms with van der Waals surface area (Å²) in [6.07, 6.45) is 2.08. The van der Waals surface area contributed by atoms with E-state index in [0.29, 0.717) is 6.42 Å². The van der Waals surface area contributed by atoms with Crippen LogP contribution in [0.4, 0.5) is 0 Å². The number of carbonyl (C=O) groups excluding carboxylic acids is 1. The highest BCUT2D eigenvalue weighted by molar-refractivity contribution is 5.87. The van der Waals surface area contributed by atoms with Crippen LogP contribution in [0.2, 0.25) is 0 Å². The van der Waals surface area contributed by atoms with Crippen molar-refractivity contribution in [3.8, 4) is 0 Å². The summed E-state index contributed by atoms with van der Waals surface area (Å²) in [5, 5.41) is 11.8. The molecule has 7 nitrogen and oxygen atoms in total. The van der Waals surface area contributed by atoms with Crippen molar-refractivity contribution in [2.75, 3.05) is 0 Å². The molecule has 0 radical (unpaired) electrons. The number of hydrazine groups is 2. The quantitative estimate of drug-likeness (QED) is 0.502. The Hall–Kier alpha value is -1.96. The molecular weight excluding hydrogens is 284 g/mol. The monoisotopic (exact) mass is 306 g/mol. The van der Waals surface area contributed by atoms with Gasteiger partial charge in [-0.2, -0.15) is 5.53 Å². The van der Waals surface area contributed by atoms with E-state index in [4.69, 9.17) is 0 Å². The zero-order valence-corrected chi connectivity index (χ0v) is 12.5. The first-order chi connectivity index (χ1) is 10.6. The number of carbonyl (C=O) groups is 2. The van der Waals surface area contributed by atoms with E-state index >= 15 is 0 Å². The van der Waals surface area contributed by atoms with Crippen LogP contribution in [0.5, 0.6) is 0 Å². The lowest BCUT2D eigenvalue weighted by Crippen LogP contribution is -2.50. The smallest absolute Gasteiger partial charge is 0.326 e. The minimum absolute atomic E-state index is 0.262. The number of hydrogen-bond acceptors (Lipinski definition) is 5. The fourth-order valence-electron chi connectivity index (χ4n) is 2.44. The zero-order chi connectivity index (χ0) is 15.9. The summed E-state index contributed by atoms with van der Waals surface area (Å²) in [6, 6.07) is 7.83. The SMILES string of the molecule is CCCC[C@H](NC(=O)C1NNNC1c1ccccc1)C(=O)O. The molecule has 0 aromatic heterocycles. The van der Waals surface area contributed by atoms with Crippen molar-refractivity contribution in [3.05, 3.63) is 35.9 Å². The van der Waals surface area contributed by atoms with Crippen LogP contribution in [0.25, 0.3) is 0 Å². The molecule has 2 rings (SSSR count). The van der Waals surface area contributed by atoms with Gasteiger partial charge in [0.1, 0.15) is 12.1 Å². The van der Waals surface area contributed by atoms with Crippen LogP contribution < -0.4 is 21.7 Å². The molecule has 0 spiro atoms. The molecule has 1 amide bonds. The first-order valence-corrected chi connectivity index (χ1v) is 7.47. The van der Waals surface area contributed by atoms with E-state index in [9.17, 15) is 14.7 Å². The van der Waals surface area contributed by atoms with Crippen molar-refractivity contribution in [2.45, 2.75) is 44.3 Å². The van der Waals surface area contributed by atoms with E-state index < -0.39 is 18.1 Å². The molecular formula is C15H22N4O3. The van der Waals surface area contributed by atoms with Gasteiger partial charge in [0.2, 0.25) is 5.91 Å². The lowest BCUT2D eigenvalue weighted by atomic mass is 9.99. The number of carboxylic acids is 1. The molecule has 1 fully saturated rings. The molecule has 2 unspecified atom stereocenters. The molecule has 120 valence electrons. The average Bonchev–Trinajstić information content (AvgIpc) is 3.01. The first-order valence-electron chi connectivity index (χ1n) is 7.47. The van der Waals surface area contributed by atoms with E-state index in [1.165, 1.54) is 0 Å². The number of unbranched alkanes of at least 4 members (excludes halogenated alkanes) is 1. The molecule has 1 saturated heterocycles. The van der Waals surface area contributed by atoms with Gasteiger partial charge in [-0.3, -0.25) is 4.79 Å². The summed E-state index contributed by atoms with van der Waals surface area (Å²) in [6.45, 7) is 1.98. The van der Waals surface area contributed by atoms with Crippen LogP contribution >= 0.6 is 0 Å². The third-order valence-corrected chi connectivity index (χ3v) is 3.69. The maximum absolute atomic E-state index is 12.4. The standard InChI is InChI=1S/C15H22N4O3/c1-2-3-9-11(15(21)22)16-14(20)13-12(17-19-18-13)10-7-5-4-6-8-10/h4-8,11-13,17-19H,2-3,9H2,1H3,(H,16,20)(H,21,22)/t11-,12?,13?/m0/s1. The second kappa shape index (κ2) is 7.88. The minimum Gasteiger partial charge on any atom is -0.480 e. The Morgan fingerprint density at radius 3 is 2.64 bits per heavy atom. The predicted molar refractivity (Wildman–Crippen MR) is 81.5 cm³/mol. The summed E-state index contributed by atoms with van der Waals surface area (Å²) in [4.78, 5) is 23.6. The topological polar surface area (TPSA) is 102 Å². The molecule has 22 heavy (non-hydrogen) atoms. The van der Waals surface area contributed by atoms with Gasteiger partial charge in [-0.05, 0) is 12.0 Å². The van der Waals surface area contributed by atoms with Crippen LogP contribution in [0.15, 0.2) is 30.3 Å². The molecule has 3 atom stereocenters. The van der Waals surface area contributed by atoms with Crippen molar-refractivity contribution in [1.82, 2.24) is 21.7 Å². The highest BCUT2D eigenvalue weighted by Crippen LogP contribution is 2.19. The van der Waals surface area contributed by atoms with Crippen LogP contribution in [0, 0.1) is 0 Å². The maximum atomic E-state index is 12.4. The summed E-state index contributed by atoms with van der Waals surface area (Å²) in [5.41, 5.74) is 9.50. The molecule has 1 aromatic rings. The zero-order valence-electron chi connectivity index (χ0n) is 12.5. The van der Waals surface area contributed by atoms with Gasteiger partial charge in [0.15, 0.2) is 0 Å². The highest BCUT2D eigenvalue weighted by atomic mass is 16.4. The van der Waals surface area contributed by atoms with Crippen LogP contribution in [-0.4, -0.2) is 29.1 Å². The molecule has 0 saturated carbocycles. The van der Waals surface area contributed by atoms with Gasteiger partial charge in [-0.15, -0.1) is 0 Å². The second-order valence-corrected chi connectivity index (χ2v) is 5.32. The maximum Gasteiger partial charge on any atom is 0.326 e. The summed E-state index contributed by atoms with van der Waals surface area (Å²) in [5.74, 6) is -1.34. The molecule has 0 bridgehead atoms. The Balaban J connectivity index is 2.02. The number of benzene rings is 1. The Kier molecular flexibility index (Phi) is 5.88. The summed E-state index contributed by atoms with van der Waals surface area (Å²) in [7, 11) is 0. The number of hydrogen-bond donors (Lipinski definition) is 5. The van der Waals surface area contributed by atoms with Gasteiger partial charge in [-0.1, -0.05) is 50.1 Å². The molecule has 5 N–H and O–H groups in total. The van der Waals surface area contributed by atoms with Crippen molar-refractivity contribution in [3.63, 3.8) is 0 Å². The average molecular weight is 306 g/mol. The van der Waals surface area contributed by atoms with Crippen LogP contribution in [0.3, 0.4) is 0 Å². The van der Waals surface area contributed by atoms with Gasteiger partial charge >= 0.3 is 5.97 Å². The number of nitrogens with one attached hydrogen (secondary N) is 4. The third kappa shape index (κ3) is 4.03. The Morgan fingerprint density at radius 2 is 2.00 bits per heavy atom. The summed E-state index contributed by atoms with van der Waals surface area (Å²) < 4.78 is 0. The van der Waals surface area contributed by atoms with Gasteiger partial charge in [-0.25, -0.2) is 15.6 Å². The van der Waals surface area contributed by atoms with E-state index in [1.54, 1.807) is 0 Å². The highest BCUT2D eigenvalue weighted by Gasteiger charge is 2.35. The van der Waals surface area contributed by atoms with Crippen molar-refractivity contribution in [2.24, 2.45) is 0 Å². The molecule has 1 aromatic carbocycles. The second-order valence-electron chi connectivity index (χ2n) is 5.32. The lowest BCUT2D eigenvalue weighted by Gasteiger charge is -2.21. The first kappa shape index (κ1) is 16.4. The number of rotatable bonds is 7. The van der Waals surface area contributed by atoms with Gasteiger partial charge in [0, 0.05) is 0 Å². The molecule has 0 aliphatic carbocycles. The van der Waals surface area contributed by atoms with Crippen molar-refractivity contribution in [1.29, 1.82) is 0 Å². The lowest BCUT2D eigenvalue weighted by molar-refractivity contribution is -0.142. The van der Waals surface area contributed by atoms with Crippen LogP contribution in [0.1, 0.15) is 37.8 Å². The van der Waals surface area contributed by atoms with Crippen molar-refractivity contribution < 1.29 is 14.7 Å². The third-order valence-electron chi connectivity index (χ3n) is 3.69. The summed E-state index contributed by atoms with van der Waals surface area (Å²) >= 11 is 0. The number of carboxylic acid groups (broad SMARTS) is 1. The van der Waals surface area contributed by atoms with E-state index in [0.717, 1.165) is 18.4 Å². The fraction of sp³-hybridized carbons (Fsp3) is 0.467. The predicted octanol–water partition coefficient (Wildman–Crippen LogP) is 0.468. The molecule has 1 aliphatic heterocycles. The Morgan fingerprint density at radius 1 is 1.27 bits per heavy atom. The van der Waals surface area contributed by atoms with Gasteiger partial charge in [0.25, 0.3) is 0 Å². The van der Waals surface area contributed by atoms with E-state index in [-0.39, 0.29) is 11.9 Å². The van der Waals surface area contributed by atoms with E-state index in [1.807, 2.05) is 37.3 Å². The largest absolute Gasteiger partial charge is 0.480 e. The molecule has 1 heterocycles. The Bertz CT molecular complexity index is 509. The minimum atomic E-state index is -1.00. The van der Waals surface area contributed by atoms with Crippen molar-refractivity contribution >= 4 is 11.9 Å². The molecule has 1 aliphatic rings.